The van der Waals surface area contributed by atoms with Gasteiger partial charge in [0.15, 0.2) is 17.2 Å². The van der Waals surface area contributed by atoms with E-state index in [9.17, 15) is 24.9 Å². The fourth-order valence-corrected chi connectivity index (χ4v) is 8.98. The Morgan fingerprint density at radius 3 is 2.11 bits per heavy atom. The minimum Gasteiger partial charge on any atom is -0.508 e. The molecule has 0 saturated heterocycles. The lowest BCUT2D eigenvalue weighted by molar-refractivity contribution is -0.141. The van der Waals surface area contributed by atoms with Crippen molar-refractivity contribution in [3.8, 4) is 0 Å². The summed E-state index contributed by atoms with van der Waals surface area (Å²) in [5, 5.41) is 35.5. The van der Waals surface area contributed by atoms with E-state index in [2.05, 4.69) is 54.2 Å². The molecular weight excluding hydrogens is 548 g/mol. The first-order valence-electron chi connectivity index (χ1n) is 17.1. The SMILES string of the molecule is C=C1C2=C(O)[C@@]3(O)C(O)=C(C(C)=O)C(=O)C[C@@]3(C)C[C@@]2(C)Cc2c(C(C)C)cc(CC(CCCCC)CCCCC)c(C)c21. The number of allylic oxidation sites excluding steroid dienone is 3. The molecule has 0 aromatic heterocycles. The fourth-order valence-electron chi connectivity index (χ4n) is 8.98. The Morgan fingerprint density at radius 2 is 1.59 bits per heavy atom. The second kappa shape index (κ2) is 12.6. The Bertz CT molecular complexity index is 1400. The molecule has 5 nitrogen and oxygen atoms in total. The Morgan fingerprint density at radius 1 is 1.00 bits per heavy atom. The molecule has 3 atom stereocenters. The van der Waals surface area contributed by atoms with Crippen LogP contribution in [0.15, 0.2) is 35.3 Å². The lowest BCUT2D eigenvalue weighted by Gasteiger charge is -2.57. The van der Waals surface area contributed by atoms with E-state index in [1.165, 1.54) is 80.5 Å². The van der Waals surface area contributed by atoms with Crippen LogP contribution >= 0.6 is 0 Å². The van der Waals surface area contributed by atoms with Crippen LogP contribution in [0.1, 0.15) is 146 Å². The Hall–Kier alpha value is -2.66. The summed E-state index contributed by atoms with van der Waals surface area (Å²) < 4.78 is 0. The second-order valence-corrected chi connectivity index (χ2v) is 15.1. The van der Waals surface area contributed by atoms with Crippen LogP contribution in [0.25, 0.3) is 5.57 Å². The molecule has 4 rings (SSSR count). The van der Waals surface area contributed by atoms with Crippen molar-refractivity contribution in [2.24, 2.45) is 16.7 Å². The average Bonchev–Trinajstić information content (AvgIpc) is 2.91. The zero-order chi connectivity index (χ0) is 32.8. The van der Waals surface area contributed by atoms with Crippen LogP contribution in [-0.2, 0) is 22.4 Å². The first-order valence-corrected chi connectivity index (χ1v) is 17.1. The van der Waals surface area contributed by atoms with E-state index in [4.69, 9.17) is 0 Å². The van der Waals surface area contributed by atoms with Crippen molar-refractivity contribution < 1.29 is 24.9 Å². The molecule has 0 unspecified atom stereocenters. The Kier molecular flexibility index (Phi) is 9.81. The summed E-state index contributed by atoms with van der Waals surface area (Å²) in [4.78, 5) is 25.5. The summed E-state index contributed by atoms with van der Waals surface area (Å²) in [6.45, 7) is 20.7. The van der Waals surface area contributed by atoms with E-state index in [1.54, 1.807) is 6.92 Å². The number of aliphatic hydroxyl groups is 3. The maximum atomic E-state index is 13.1. The van der Waals surface area contributed by atoms with Crippen LogP contribution in [0.4, 0.5) is 0 Å². The van der Waals surface area contributed by atoms with E-state index >= 15 is 0 Å². The first kappa shape index (κ1) is 34.2. The smallest absolute Gasteiger partial charge is 0.185 e. The maximum absolute atomic E-state index is 13.1. The second-order valence-electron chi connectivity index (χ2n) is 15.1. The van der Waals surface area contributed by atoms with E-state index in [0.29, 0.717) is 29.9 Å². The zero-order valence-electron chi connectivity index (χ0n) is 28.6. The highest BCUT2D eigenvalue weighted by Gasteiger charge is 2.66. The summed E-state index contributed by atoms with van der Waals surface area (Å²) in [6.07, 6.45) is 11.8. The zero-order valence-corrected chi connectivity index (χ0v) is 28.6. The number of aliphatic hydroxyl groups excluding tert-OH is 2. The van der Waals surface area contributed by atoms with Crippen molar-refractivity contribution in [3.05, 3.63) is 63.1 Å². The van der Waals surface area contributed by atoms with Gasteiger partial charge in [-0.3, -0.25) is 9.59 Å². The molecule has 0 aliphatic heterocycles. The van der Waals surface area contributed by atoms with Crippen molar-refractivity contribution in [1.82, 2.24) is 0 Å². The van der Waals surface area contributed by atoms with E-state index in [1.807, 2.05) is 0 Å². The third-order valence-electron chi connectivity index (χ3n) is 11.2. The molecule has 5 heteroatoms. The molecule has 3 aliphatic carbocycles. The molecule has 0 heterocycles. The number of rotatable bonds is 12. The van der Waals surface area contributed by atoms with Crippen molar-refractivity contribution in [3.63, 3.8) is 0 Å². The van der Waals surface area contributed by atoms with Gasteiger partial charge in [0.05, 0.1) is 0 Å². The molecule has 1 aromatic carbocycles. The number of carbonyl (C=O) groups excluding carboxylic acids is 2. The molecule has 44 heavy (non-hydrogen) atoms. The van der Waals surface area contributed by atoms with E-state index in [-0.39, 0.29) is 18.1 Å². The van der Waals surface area contributed by atoms with Gasteiger partial charge in [-0.1, -0.05) is 106 Å². The molecule has 0 radical (unpaired) electrons. The van der Waals surface area contributed by atoms with Gasteiger partial charge < -0.3 is 15.3 Å². The number of unbranched alkanes of at least 4 members (excludes halogenated alkanes) is 4. The molecule has 0 fully saturated rings. The molecule has 3 N–H and O–H groups in total. The standard InChI is InChI=1S/C39H56O5/c1-10-12-14-16-27(17-15-13-11-2)18-28-19-29(23(3)4)30-20-37(8)22-38(9)21-31(41)33(26(7)40)35(42)39(38,44)36(43)34(37)25(6)32(30)24(28)5/h19,23,27,42-44H,6,10-18,20-22H2,1-5,7-9H3/t37-,38+,39+/m1/s1. The third-order valence-corrected chi connectivity index (χ3v) is 11.2. The van der Waals surface area contributed by atoms with Crippen LogP contribution in [0.3, 0.4) is 0 Å². The molecular formula is C39H56O5. The summed E-state index contributed by atoms with van der Waals surface area (Å²) in [7, 11) is 0. The fraction of sp³-hybridized carbons (Fsp3) is 0.641. The number of Topliss-reactive ketones (excluding diaryl/α,β-unsaturated/α-hetero) is 2. The lowest BCUT2D eigenvalue weighted by Crippen LogP contribution is -2.60. The highest BCUT2D eigenvalue weighted by atomic mass is 16.4. The van der Waals surface area contributed by atoms with Crippen molar-refractivity contribution in [1.29, 1.82) is 0 Å². The number of hydrogen-bond donors (Lipinski definition) is 3. The predicted octanol–water partition coefficient (Wildman–Crippen LogP) is 9.34. The third kappa shape index (κ3) is 5.52. The van der Waals surface area contributed by atoms with Gasteiger partial charge in [0, 0.05) is 22.8 Å². The van der Waals surface area contributed by atoms with Crippen LogP contribution in [0.2, 0.25) is 0 Å². The minimum atomic E-state index is -2.24. The number of ketones is 2. The number of hydrogen-bond acceptors (Lipinski definition) is 5. The van der Waals surface area contributed by atoms with Crippen LogP contribution < -0.4 is 0 Å². The van der Waals surface area contributed by atoms with Gasteiger partial charge in [0.1, 0.15) is 17.1 Å². The normalized spacial score (nSPS) is 26.8. The van der Waals surface area contributed by atoms with Crippen molar-refractivity contribution >= 4 is 17.1 Å². The average molecular weight is 605 g/mol. The van der Waals surface area contributed by atoms with Crippen LogP contribution in [0, 0.1) is 23.7 Å². The first-order chi connectivity index (χ1) is 20.6. The van der Waals surface area contributed by atoms with E-state index < -0.39 is 39.3 Å². The van der Waals surface area contributed by atoms with Crippen molar-refractivity contribution in [2.75, 3.05) is 0 Å². The number of benzene rings is 1. The number of carbonyl (C=O) groups is 2. The van der Waals surface area contributed by atoms with Gasteiger partial charge in [-0.2, -0.15) is 0 Å². The van der Waals surface area contributed by atoms with Gasteiger partial charge in [-0.05, 0) is 78.3 Å². The van der Waals surface area contributed by atoms with Gasteiger partial charge in [-0.25, -0.2) is 0 Å². The molecule has 0 saturated carbocycles. The lowest BCUT2D eigenvalue weighted by atomic mass is 9.48. The Labute approximate surface area is 265 Å². The van der Waals surface area contributed by atoms with Gasteiger partial charge in [0.2, 0.25) is 0 Å². The highest BCUT2D eigenvalue weighted by molar-refractivity contribution is 6.21. The highest BCUT2D eigenvalue weighted by Crippen LogP contribution is 2.65. The van der Waals surface area contributed by atoms with Gasteiger partial charge in [-0.15, -0.1) is 0 Å². The maximum Gasteiger partial charge on any atom is 0.185 e. The summed E-state index contributed by atoms with van der Waals surface area (Å²) in [5.41, 5.74) is 2.82. The minimum absolute atomic E-state index is 0.138. The number of fused-ring (bicyclic) bond motifs is 3. The molecule has 0 bridgehead atoms. The molecule has 0 amide bonds. The molecule has 242 valence electrons. The molecule has 0 spiro atoms. The summed E-state index contributed by atoms with van der Waals surface area (Å²) in [6, 6.07) is 2.43. The monoisotopic (exact) mass is 604 g/mol. The van der Waals surface area contributed by atoms with Gasteiger partial charge >= 0.3 is 0 Å². The topological polar surface area (TPSA) is 94.8 Å². The van der Waals surface area contributed by atoms with E-state index in [0.717, 1.165) is 12.0 Å². The molecule has 1 aromatic rings. The van der Waals surface area contributed by atoms with Gasteiger partial charge in [0.25, 0.3) is 0 Å². The quantitative estimate of drug-likeness (QED) is 0.163. The Balaban J connectivity index is 1.89. The van der Waals surface area contributed by atoms with Crippen LogP contribution in [0.5, 0.6) is 0 Å². The largest absolute Gasteiger partial charge is 0.508 e. The predicted molar refractivity (Wildman–Crippen MR) is 179 cm³/mol. The summed E-state index contributed by atoms with van der Waals surface area (Å²) >= 11 is 0. The molecule has 3 aliphatic rings. The van der Waals surface area contributed by atoms with Crippen molar-refractivity contribution in [2.45, 2.75) is 144 Å². The van der Waals surface area contributed by atoms with Crippen LogP contribution in [-0.4, -0.2) is 32.5 Å². The summed E-state index contributed by atoms with van der Waals surface area (Å²) in [5.74, 6) is -1.31.